The van der Waals surface area contributed by atoms with Crippen LogP contribution in [0.15, 0.2) is 18.2 Å². The summed E-state index contributed by atoms with van der Waals surface area (Å²) < 4.78 is 0. The van der Waals surface area contributed by atoms with Gasteiger partial charge in [0.25, 0.3) is 0 Å². The van der Waals surface area contributed by atoms with Gasteiger partial charge in [0.2, 0.25) is 0 Å². The number of fused-ring (bicyclic) bond motifs is 1. The Balaban J connectivity index is 1.64. The normalized spacial score (nSPS) is 24.8. The van der Waals surface area contributed by atoms with Crippen LogP contribution in [-0.4, -0.2) is 6.04 Å². The first-order valence-corrected chi connectivity index (χ1v) is 8.25. The van der Waals surface area contributed by atoms with Crippen LogP contribution < -0.4 is 5.32 Å². The molecule has 1 aromatic carbocycles. The Morgan fingerprint density at radius 3 is 2.47 bits per heavy atom. The van der Waals surface area contributed by atoms with Gasteiger partial charge in [0.05, 0.1) is 0 Å². The molecule has 1 unspecified atom stereocenters. The number of aryl methyl sites for hydroxylation is 1. The average Bonchev–Trinajstić information content (AvgIpc) is 2.74. The molecule has 19 heavy (non-hydrogen) atoms. The Labute approximate surface area is 121 Å². The fraction of sp³-hybridized carbons (Fsp3) is 0.647. The molecule has 0 heterocycles. The molecule has 1 saturated carbocycles. The van der Waals surface area contributed by atoms with Crippen LogP contribution in [0.5, 0.6) is 0 Å². The molecular formula is C17H24ClN. The summed E-state index contributed by atoms with van der Waals surface area (Å²) in [6.07, 6.45) is 12.2. The third-order valence-electron chi connectivity index (χ3n) is 4.72. The molecule has 1 fully saturated rings. The SMILES string of the molecule is Clc1ccc2c(c1)CCC2NC1CCCCCCC1. The van der Waals surface area contributed by atoms with Crippen molar-refractivity contribution in [3.8, 4) is 0 Å². The quantitative estimate of drug-likeness (QED) is 0.799. The zero-order valence-electron chi connectivity index (χ0n) is 11.6. The largest absolute Gasteiger partial charge is 0.307 e. The summed E-state index contributed by atoms with van der Waals surface area (Å²) >= 11 is 6.08. The molecule has 2 aliphatic rings. The molecule has 0 amide bonds. The molecule has 0 bridgehead atoms. The number of nitrogens with one attached hydrogen (secondary N) is 1. The third-order valence-corrected chi connectivity index (χ3v) is 4.96. The fourth-order valence-corrected chi connectivity index (χ4v) is 3.86. The van der Waals surface area contributed by atoms with E-state index in [9.17, 15) is 0 Å². The highest BCUT2D eigenvalue weighted by Gasteiger charge is 2.24. The third kappa shape index (κ3) is 3.32. The van der Waals surface area contributed by atoms with E-state index in [0.29, 0.717) is 6.04 Å². The van der Waals surface area contributed by atoms with Gasteiger partial charge < -0.3 is 5.32 Å². The van der Waals surface area contributed by atoms with E-state index in [1.165, 1.54) is 68.9 Å². The van der Waals surface area contributed by atoms with Gasteiger partial charge in [0, 0.05) is 17.1 Å². The predicted molar refractivity (Wildman–Crippen MR) is 81.8 cm³/mol. The molecule has 0 spiro atoms. The highest BCUT2D eigenvalue weighted by Crippen LogP contribution is 2.34. The molecule has 1 atom stereocenters. The Kier molecular flexibility index (Phi) is 4.45. The van der Waals surface area contributed by atoms with Crippen molar-refractivity contribution in [3.05, 3.63) is 34.3 Å². The lowest BCUT2D eigenvalue weighted by molar-refractivity contribution is 0.352. The number of rotatable bonds is 2. The van der Waals surface area contributed by atoms with Crippen molar-refractivity contribution < 1.29 is 0 Å². The van der Waals surface area contributed by atoms with E-state index in [2.05, 4.69) is 17.4 Å². The monoisotopic (exact) mass is 277 g/mol. The molecule has 104 valence electrons. The van der Waals surface area contributed by atoms with Crippen LogP contribution >= 0.6 is 11.6 Å². The van der Waals surface area contributed by atoms with Gasteiger partial charge in [-0.3, -0.25) is 0 Å². The summed E-state index contributed by atoms with van der Waals surface area (Å²) in [5.74, 6) is 0. The van der Waals surface area contributed by atoms with Gasteiger partial charge in [0.1, 0.15) is 0 Å². The Morgan fingerprint density at radius 2 is 1.68 bits per heavy atom. The van der Waals surface area contributed by atoms with E-state index in [4.69, 9.17) is 11.6 Å². The molecule has 3 rings (SSSR count). The number of hydrogen-bond donors (Lipinski definition) is 1. The summed E-state index contributed by atoms with van der Waals surface area (Å²) in [4.78, 5) is 0. The van der Waals surface area contributed by atoms with E-state index < -0.39 is 0 Å². The number of benzene rings is 1. The second-order valence-corrected chi connectivity index (χ2v) is 6.58. The zero-order chi connectivity index (χ0) is 13.1. The molecule has 2 heteroatoms. The van der Waals surface area contributed by atoms with E-state index in [1.54, 1.807) is 0 Å². The molecule has 2 aliphatic carbocycles. The van der Waals surface area contributed by atoms with Crippen LogP contribution in [0, 0.1) is 0 Å². The number of hydrogen-bond acceptors (Lipinski definition) is 1. The minimum Gasteiger partial charge on any atom is -0.307 e. The minimum absolute atomic E-state index is 0.566. The summed E-state index contributed by atoms with van der Waals surface area (Å²) in [5, 5.41) is 4.80. The van der Waals surface area contributed by atoms with Crippen LogP contribution in [-0.2, 0) is 6.42 Å². The van der Waals surface area contributed by atoms with Crippen LogP contribution in [0.1, 0.15) is 68.5 Å². The van der Waals surface area contributed by atoms with Crippen LogP contribution in [0.2, 0.25) is 5.02 Å². The second-order valence-electron chi connectivity index (χ2n) is 6.14. The topological polar surface area (TPSA) is 12.0 Å². The molecule has 0 aromatic heterocycles. The molecule has 1 nitrogen and oxygen atoms in total. The summed E-state index contributed by atoms with van der Waals surface area (Å²) in [5.41, 5.74) is 2.95. The summed E-state index contributed by atoms with van der Waals surface area (Å²) in [6.45, 7) is 0. The lowest BCUT2D eigenvalue weighted by atomic mass is 9.95. The van der Waals surface area contributed by atoms with E-state index in [1.807, 2.05) is 6.07 Å². The van der Waals surface area contributed by atoms with Gasteiger partial charge in [0.15, 0.2) is 0 Å². The van der Waals surface area contributed by atoms with E-state index in [0.717, 1.165) is 11.1 Å². The molecule has 1 aromatic rings. The minimum atomic E-state index is 0.566. The standard InChI is InChI=1S/C17H24ClN/c18-14-9-10-16-13(12-14)8-11-17(16)19-15-6-4-2-1-3-5-7-15/h9-10,12,15,17,19H,1-8,11H2. The van der Waals surface area contributed by atoms with E-state index >= 15 is 0 Å². The highest BCUT2D eigenvalue weighted by molar-refractivity contribution is 6.30. The van der Waals surface area contributed by atoms with Crippen LogP contribution in [0.3, 0.4) is 0 Å². The lowest BCUT2D eigenvalue weighted by Crippen LogP contribution is -2.32. The molecule has 0 radical (unpaired) electrons. The van der Waals surface area contributed by atoms with Crippen molar-refractivity contribution in [2.45, 2.75) is 69.9 Å². The van der Waals surface area contributed by atoms with Gasteiger partial charge in [-0.15, -0.1) is 0 Å². The maximum Gasteiger partial charge on any atom is 0.0408 e. The Bertz CT molecular complexity index is 421. The summed E-state index contributed by atoms with van der Waals surface area (Å²) in [6, 6.07) is 7.71. The Hall–Kier alpha value is -0.530. The highest BCUT2D eigenvalue weighted by atomic mass is 35.5. The van der Waals surface area contributed by atoms with Gasteiger partial charge in [-0.2, -0.15) is 0 Å². The smallest absolute Gasteiger partial charge is 0.0408 e. The molecule has 0 aliphatic heterocycles. The maximum atomic E-state index is 6.08. The van der Waals surface area contributed by atoms with Crippen LogP contribution in [0.25, 0.3) is 0 Å². The predicted octanol–water partition coefficient (Wildman–Crippen LogP) is 5.03. The summed E-state index contributed by atoms with van der Waals surface area (Å²) in [7, 11) is 0. The molecule has 0 saturated heterocycles. The van der Waals surface area contributed by atoms with Crippen LogP contribution in [0.4, 0.5) is 0 Å². The molecular weight excluding hydrogens is 254 g/mol. The van der Waals surface area contributed by atoms with Crippen molar-refractivity contribution in [1.82, 2.24) is 5.32 Å². The first kappa shape index (κ1) is 13.5. The van der Waals surface area contributed by atoms with Crippen molar-refractivity contribution in [2.75, 3.05) is 0 Å². The fourth-order valence-electron chi connectivity index (χ4n) is 3.67. The van der Waals surface area contributed by atoms with E-state index in [-0.39, 0.29) is 0 Å². The first-order chi connectivity index (χ1) is 9.33. The maximum absolute atomic E-state index is 6.08. The van der Waals surface area contributed by atoms with Gasteiger partial charge >= 0.3 is 0 Å². The number of halogens is 1. The van der Waals surface area contributed by atoms with Gasteiger partial charge in [-0.1, -0.05) is 49.8 Å². The van der Waals surface area contributed by atoms with Gasteiger partial charge in [-0.05, 0) is 48.9 Å². The van der Waals surface area contributed by atoms with Crippen molar-refractivity contribution in [3.63, 3.8) is 0 Å². The second kappa shape index (κ2) is 6.28. The van der Waals surface area contributed by atoms with Crippen molar-refractivity contribution in [2.24, 2.45) is 0 Å². The Morgan fingerprint density at radius 1 is 0.947 bits per heavy atom. The zero-order valence-corrected chi connectivity index (χ0v) is 12.4. The van der Waals surface area contributed by atoms with Crippen molar-refractivity contribution in [1.29, 1.82) is 0 Å². The van der Waals surface area contributed by atoms with Gasteiger partial charge in [-0.25, -0.2) is 0 Å². The molecule has 1 N–H and O–H groups in total. The van der Waals surface area contributed by atoms with Crippen molar-refractivity contribution >= 4 is 11.6 Å². The lowest BCUT2D eigenvalue weighted by Gasteiger charge is -2.25. The first-order valence-electron chi connectivity index (χ1n) is 7.87. The average molecular weight is 278 g/mol.